The maximum atomic E-state index is 12.2. The Labute approximate surface area is 178 Å². The third-order valence-electron chi connectivity index (χ3n) is 5.23. The molecule has 1 aliphatic carbocycles. The van der Waals surface area contributed by atoms with Crippen LogP contribution < -0.4 is 21.5 Å². The number of carbonyl (C=O) groups excluding carboxylic acids is 2. The highest BCUT2D eigenvalue weighted by Gasteiger charge is 2.56. The van der Waals surface area contributed by atoms with Gasteiger partial charge in [0.1, 0.15) is 5.75 Å². The van der Waals surface area contributed by atoms with E-state index in [1.165, 1.54) is 12.1 Å². The van der Waals surface area contributed by atoms with Gasteiger partial charge in [0.05, 0.1) is 21.1 Å². The molecule has 1 aromatic heterocycles. The van der Waals surface area contributed by atoms with E-state index in [1.807, 2.05) is 0 Å². The third kappa shape index (κ3) is 2.70. The molecule has 30 heavy (non-hydrogen) atoms. The normalized spacial score (nSPS) is 15.7. The number of halogens is 2. The quantitative estimate of drug-likeness (QED) is 0.633. The van der Waals surface area contributed by atoms with Gasteiger partial charge in [0, 0.05) is 5.69 Å². The highest BCUT2D eigenvalue weighted by Crippen LogP contribution is 2.56. The monoisotopic (exact) mass is 446 g/mol. The van der Waals surface area contributed by atoms with Gasteiger partial charge in [0.2, 0.25) is 11.7 Å². The predicted molar refractivity (Wildman–Crippen MR) is 107 cm³/mol. The number of hydrogen-bond donors (Lipinski definition) is 2. The van der Waals surface area contributed by atoms with Gasteiger partial charge in [-0.3, -0.25) is 14.1 Å². The van der Waals surface area contributed by atoms with Crippen molar-refractivity contribution in [3.63, 3.8) is 0 Å². The number of benzene rings is 2. The Bertz CT molecular complexity index is 1290. The molecule has 1 spiro atoms. The summed E-state index contributed by atoms with van der Waals surface area (Å²) in [5.41, 5.74) is 6.54. The lowest BCUT2D eigenvalue weighted by Crippen LogP contribution is -2.22. The molecule has 2 aromatic carbocycles. The molecule has 3 N–H and O–H groups in total. The molecular formula is C19H12Cl2N4O5. The van der Waals surface area contributed by atoms with Crippen LogP contribution in [0.3, 0.4) is 0 Å². The fourth-order valence-corrected chi connectivity index (χ4v) is 4.15. The van der Waals surface area contributed by atoms with Crippen molar-refractivity contribution in [2.75, 3.05) is 5.32 Å². The maximum absolute atomic E-state index is 12.2. The minimum atomic E-state index is -0.955. The molecule has 1 saturated carbocycles. The minimum Gasteiger partial charge on any atom is -0.454 e. The molecule has 5 rings (SSSR count). The third-order valence-corrected chi connectivity index (χ3v) is 5.79. The van der Waals surface area contributed by atoms with Crippen molar-refractivity contribution in [3.05, 3.63) is 62.3 Å². The van der Waals surface area contributed by atoms with E-state index in [0.29, 0.717) is 5.75 Å². The van der Waals surface area contributed by atoms with Crippen molar-refractivity contribution in [1.29, 1.82) is 0 Å². The van der Waals surface area contributed by atoms with Crippen molar-refractivity contribution in [2.45, 2.75) is 18.3 Å². The van der Waals surface area contributed by atoms with Gasteiger partial charge in [-0.1, -0.05) is 23.2 Å². The summed E-state index contributed by atoms with van der Waals surface area (Å²) in [4.78, 5) is 35.6. The number of fused-ring (bicyclic) bond motifs is 2. The lowest BCUT2D eigenvalue weighted by Gasteiger charge is -2.13. The summed E-state index contributed by atoms with van der Waals surface area (Å²) in [6.45, 7) is 0. The molecule has 2 heterocycles. The van der Waals surface area contributed by atoms with E-state index in [1.54, 1.807) is 18.2 Å². The fourth-order valence-electron chi connectivity index (χ4n) is 3.60. The Hall–Kier alpha value is -3.30. The van der Waals surface area contributed by atoms with Crippen molar-refractivity contribution in [3.8, 4) is 17.2 Å². The minimum absolute atomic E-state index is 0.000476. The van der Waals surface area contributed by atoms with Gasteiger partial charge in [-0.25, -0.2) is 9.36 Å². The first-order valence-electron chi connectivity index (χ1n) is 8.82. The Balaban J connectivity index is 1.52. The number of primary amides is 1. The van der Waals surface area contributed by atoms with Crippen LogP contribution in [-0.2, 0) is 10.2 Å². The lowest BCUT2D eigenvalue weighted by atomic mass is 9.98. The van der Waals surface area contributed by atoms with Crippen LogP contribution in [0.25, 0.3) is 5.69 Å². The first-order valence-corrected chi connectivity index (χ1v) is 9.57. The molecule has 152 valence electrons. The maximum Gasteiger partial charge on any atom is 0.446 e. The van der Waals surface area contributed by atoms with Gasteiger partial charge in [0.25, 0.3) is 5.91 Å². The summed E-state index contributed by atoms with van der Waals surface area (Å²) in [7, 11) is 0. The number of ether oxygens (including phenoxy) is 1. The SMILES string of the molecule is NC(=O)c1noc(=O)n1-c1cc(Cl)c(Oc2ccc3c(c2)C2(CC2)C(=O)N3)c(Cl)c1. The Morgan fingerprint density at radius 2 is 1.90 bits per heavy atom. The molecule has 0 radical (unpaired) electrons. The number of nitrogens with zero attached hydrogens (tertiary/aromatic N) is 2. The van der Waals surface area contributed by atoms with Gasteiger partial charge in [0.15, 0.2) is 5.75 Å². The van der Waals surface area contributed by atoms with Crippen LogP contribution in [0.5, 0.6) is 11.5 Å². The summed E-state index contributed by atoms with van der Waals surface area (Å²) in [6.07, 6.45) is 1.59. The number of hydrogen-bond acceptors (Lipinski definition) is 6. The van der Waals surface area contributed by atoms with E-state index >= 15 is 0 Å². The molecule has 3 aromatic rings. The molecule has 0 unspecified atom stereocenters. The molecule has 1 fully saturated rings. The summed E-state index contributed by atoms with van der Waals surface area (Å²) in [6, 6.07) is 7.98. The fraction of sp³-hybridized carbons (Fsp3) is 0.158. The van der Waals surface area contributed by atoms with Crippen LogP contribution in [0.1, 0.15) is 29.0 Å². The predicted octanol–water partition coefficient (Wildman–Crippen LogP) is 3.01. The number of nitrogens with one attached hydrogen (secondary N) is 1. The van der Waals surface area contributed by atoms with Crippen molar-refractivity contribution < 1.29 is 18.8 Å². The summed E-state index contributed by atoms with van der Waals surface area (Å²) < 4.78 is 11.2. The first kappa shape index (κ1) is 18.7. The molecular weight excluding hydrogens is 435 g/mol. The second-order valence-electron chi connectivity index (χ2n) is 7.06. The van der Waals surface area contributed by atoms with Crippen LogP contribution in [0.15, 0.2) is 39.6 Å². The zero-order valence-electron chi connectivity index (χ0n) is 15.1. The highest BCUT2D eigenvalue weighted by molar-refractivity contribution is 6.37. The molecule has 0 atom stereocenters. The molecule has 2 amide bonds. The van der Waals surface area contributed by atoms with E-state index in [0.717, 1.165) is 28.7 Å². The van der Waals surface area contributed by atoms with Crippen LogP contribution >= 0.6 is 23.2 Å². The largest absolute Gasteiger partial charge is 0.454 e. The van der Waals surface area contributed by atoms with E-state index < -0.39 is 22.9 Å². The molecule has 0 saturated heterocycles. The average molecular weight is 447 g/mol. The van der Waals surface area contributed by atoms with Crippen molar-refractivity contribution in [1.82, 2.24) is 9.72 Å². The zero-order valence-corrected chi connectivity index (χ0v) is 16.6. The Kier molecular flexibility index (Phi) is 3.96. The van der Waals surface area contributed by atoms with Gasteiger partial charge < -0.3 is 15.8 Å². The van der Waals surface area contributed by atoms with Gasteiger partial charge in [-0.05, 0) is 53.9 Å². The molecule has 1 aliphatic heterocycles. The van der Waals surface area contributed by atoms with Crippen molar-refractivity contribution in [2.24, 2.45) is 5.73 Å². The number of nitrogens with two attached hydrogens (primary N) is 1. The van der Waals surface area contributed by atoms with Crippen LogP contribution in [0, 0.1) is 0 Å². The van der Waals surface area contributed by atoms with Crippen LogP contribution in [0.2, 0.25) is 10.0 Å². The number of aromatic nitrogens is 2. The smallest absolute Gasteiger partial charge is 0.446 e. The molecule has 9 nitrogen and oxygen atoms in total. The number of carbonyl (C=O) groups is 2. The molecule has 2 aliphatic rings. The second kappa shape index (κ2) is 6.35. The van der Waals surface area contributed by atoms with Gasteiger partial charge in [-0.15, -0.1) is 0 Å². The molecule has 0 bridgehead atoms. The Morgan fingerprint density at radius 1 is 1.20 bits per heavy atom. The van der Waals surface area contributed by atoms with Gasteiger partial charge in [-0.2, -0.15) is 0 Å². The number of amides is 2. The zero-order chi connectivity index (χ0) is 21.2. The van der Waals surface area contributed by atoms with E-state index in [-0.39, 0.29) is 27.4 Å². The highest BCUT2D eigenvalue weighted by atomic mass is 35.5. The summed E-state index contributed by atoms with van der Waals surface area (Å²) in [5.74, 6) is -1.67. The summed E-state index contributed by atoms with van der Waals surface area (Å²) in [5, 5.41) is 6.39. The summed E-state index contributed by atoms with van der Waals surface area (Å²) >= 11 is 12.7. The Morgan fingerprint density at radius 3 is 2.53 bits per heavy atom. The lowest BCUT2D eigenvalue weighted by molar-refractivity contribution is -0.117. The first-order chi connectivity index (χ1) is 14.3. The van der Waals surface area contributed by atoms with E-state index in [4.69, 9.17) is 33.7 Å². The standard InChI is InChI=1S/C19H12Cl2N4O5/c20-11-5-8(25-16(15(22)26)24-30-18(25)28)6-12(21)14(11)29-9-1-2-13-10(7-9)19(3-4-19)17(27)23-13/h1-2,5-7H,3-4H2,(H2,22,26)(H,23,27). The van der Waals surface area contributed by atoms with E-state index in [9.17, 15) is 14.4 Å². The average Bonchev–Trinajstić information content (AvgIpc) is 3.34. The van der Waals surface area contributed by atoms with Crippen LogP contribution in [0.4, 0.5) is 5.69 Å². The number of anilines is 1. The number of rotatable bonds is 4. The van der Waals surface area contributed by atoms with Crippen LogP contribution in [-0.4, -0.2) is 21.5 Å². The topological polar surface area (TPSA) is 129 Å². The van der Waals surface area contributed by atoms with Gasteiger partial charge >= 0.3 is 5.76 Å². The van der Waals surface area contributed by atoms with Crippen molar-refractivity contribution >= 4 is 40.7 Å². The van der Waals surface area contributed by atoms with E-state index in [2.05, 4.69) is 15.0 Å². The molecule has 11 heteroatoms. The second-order valence-corrected chi connectivity index (χ2v) is 7.87.